The van der Waals surface area contributed by atoms with Crippen molar-refractivity contribution in [1.29, 1.82) is 0 Å². The maximum atomic E-state index is 9.17. The number of nitrogens with zero attached hydrogens (tertiary/aromatic N) is 2. The van der Waals surface area contributed by atoms with Crippen molar-refractivity contribution < 1.29 is 5.21 Å². The van der Waals surface area contributed by atoms with Crippen molar-refractivity contribution in [2.24, 2.45) is 17.0 Å². The fourth-order valence-electron chi connectivity index (χ4n) is 3.33. The van der Waals surface area contributed by atoms with E-state index in [4.69, 9.17) is 0 Å². The van der Waals surface area contributed by atoms with Crippen LogP contribution in [0, 0.1) is 11.8 Å². The van der Waals surface area contributed by atoms with Crippen LogP contribution in [0.5, 0.6) is 0 Å². The number of fused-ring (bicyclic) bond motifs is 2. The van der Waals surface area contributed by atoms with Gasteiger partial charge in [0.05, 0.1) is 17.4 Å². The standard InChI is InChI=1S/C14H19N3O/c1-17(12-5-3-2-4-6-12)15-13-10-7-8-11(9-10)14(13)16-18/h2-6,10-11,13,15,18H,7-9H2,1H3. The molecule has 96 valence electrons. The van der Waals surface area contributed by atoms with Crippen molar-refractivity contribution >= 4 is 11.4 Å². The first kappa shape index (κ1) is 11.5. The smallest absolute Gasteiger partial charge is 0.0791 e. The maximum absolute atomic E-state index is 9.17. The van der Waals surface area contributed by atoms with Crippen molar-refractivity contribution in [1.82, 2.24) is 5.43 Å². The lowest BCUT2D eigenvalue weighted by Gasteiger charge is -2.30. The Labute approximate surface area is 107 Å². The molecule has 0 spiro atoms. The first-order chi connectivity index (χ1) is 8.79. The van der Waals surface area contributed by atoms with E-state index >= 15 is 0 Å². The highest BCUT2D eigenvalue weighted by atomic mass is 16.4. The summed E-state index contributed by atoms with van der Waals surface area (Å²) in [6.45, 7) is 0. The van der Waals surface area contributed by atoms with Gasteiger partial charge in [-0.3, -0.25) is 0 Å². The summed E-state index contributed by atoms with van der Waals surface area (Å²) in [5, 5.41) is 14.7. The van der Waals surface area contributed by atoms with Crippen LogP contribution in [0.25, 0.3) is 0 Å². The summed E-state index contributed by atoms with van der Waals surface area (Å²) in [6.07, 6.45) is 3.58. The van der Waals surface area contributed by atoms with Crippen molar-refractivity contribution in [3.05, 3.63) is 30.3 Å². The minimum absolute atomic E-state index is 0.193. The lowest BCUT2D eigenvalue weighted by Crippen LogP contribution is -2.49. The van der Waals surface area contributed by atoms with E-state index in [1.807, 2.05) is 30.3 Å². The third-order valence-electron chi connectivity index (χ3n) is 4.27. The summed E-state index contributed by atoms with van der Waals surface area (Å²) in [5.74, 6) is 1.11. The van der Waals surface area contributed by atoms with Crippen LogP contribution in [0.1, 0.15) is 19.3 Å². The van der Waals surface area contributed by atoms with Crippen LogP contribution in [0.3, 0.4) is 0 Å². The number of para-hydroxylation sites is 1. The van der Waals surface area contributed by atoms with E-state index in [1.54, 1.807) is 0 Å². The van der Waals surface area contributed by atoms with Crippen molar-refractivity contribution in [2.75, 3.05) is 12.1 Å². The van der Waals surface area contributed by atoms with Gasteiger partial charge in [0.2, 0.25) is 0 Å². The van der Waals surface area contributed by atoms with Crippen molar-refractivity contribution in [2.45, 2.75) is 25.3 Å². The van der Waals surface area contributed by atoms with Crippen LogP contribution in [0.4, 0.5) is 5.69 Å². The summed E-state index contributed by atoms with van der Waals surface area (Å²) in [4.78, 5) is 0. The number of hydrogen-bond acceptors (Lipinski definition) is 4. The van der Waals surface area contributed by atoms with Gasteiger partial charge in [-0.05, 0) is 37.3 Å². The van der Waals surface area contributed by atoms with E-state index < -0.39 is 0 Å². The minimum atomic E-state index is 0.193. The molecule has 2 N–H and O–H groups in total. The third-order valence-corrected chi connectivity index (χ3v) is 4.27. The molecule has 0 saturated heterocycles. The zero-order valence-electron chi connectivity index (χ0n) is 10.6. The number of oxime groups is 1. The Kier molecular flexibility index (Phi) is 2.96. The van der Waals surface area contributed by atoms with Crippen LogP contribution in [-0.4, -0.2) is 24.0 Å². The molecule has 0 aliphatic heterocycles. The molecule has 2 aliphatic carbocycles. The summed E-state index contributed by atoms with van der Waals surface area (Å²) in [6, 6.07) is 10.4. The topological polar surface area (TPSA) is 47.9 Å². The fraction of sp³-hybridized carbons (Fsp3) is 0.500. The van der Waals surface area contributed by atoms with Gasteiger partial charge in [0.15, 0.2) is 0 Å². The Hall–Kier alpha value is -1.55. The van der Waals surface area contributed by atoms with Gasteiger partial charge in [-0.2, -0.15) is 0 Å². The first-order valence-electron chi connectivity index (χ1n) is 6.56. The van der Waals surface area contributed by atoms with Gasteiger partial charge in [-0.25, -0.2) is 5.43 Å². The quantitative estimate of drug-likeness (QED) is 0.634. The molecule has 0 amide bonds. The average molecular weight is 245 g/mol. The Balaban J connectivity index is 1.73. The first-order valence-corrected chi connectivity index (χ1v) is 6.56. The lowest BCUT2D eigenvalue weighted by molar-refractivity contribution is 0.309. The fourth-order valence-corrected chi connectivity index (χ4v) is 3.33. The van der Waals surface area contributed by atoms with Gasteiger partial charge in [0, 0.05) is 13.0 Å². The number of hydrazine groups is 1. The zero-order chi connectivity index (χ0) is 12.5. The second-order valence-corrected chi connectivity index (χ2v) is 5.30. The molecule has 2 fully saturated rings. The number of benzene rings is 1. The Morgan fingerprint density at radius 2 is 2.06 bits per heavy atom. The molecule has 2 aliphatic rings. The van der Waals surface area contributed by atoms with E-state index in [-0.39, 0.29) is 6.04 Å². The molecule has 0 aromatic heterocycles. The van der Waals surface area contributed by atoms with Crippen LogP contribution in [0.15, 0.2) is 35.5 Å². The zero-order valence-corrected chi connectivity index (χ0v) is 10.6. The van der Waals surface area contributed by atoms with Gasteiger partial charge in [0.1, 0.15) is 0 Å². The Morgan fingerprint density at radius 3 is 2.78 bits per heavy atom. The van der Waals surface area contributed by atoms with E-state index in [0.29, 0.717) is 11.8 Å². The second-order valence-electron chi connectivity index (χ2n) is 5.30. The van der Waals surface area contributed by atoms with E-state index in [0.717, 1.165) is 11.4 Å². The SMILES string of the molecule is CN(NC1C(=NO)C2CCC1C2)c1ccccc1. The largest absolute Gasteiger partial charge is 0.411 e. The summed E-state index contributed by atoms with van der Waals surface area (Å²) in [7, 11) is 2.01. The minimum Gasteiger partial charge on any atom is -0.411 e. The highest BCUT2D eigenvalue weighted by Crippen LogP contribution is 2.43. The van der Waals surface area contributed by atoms with E-state index in [2.05, 4.69) is 22.7 Å². The van der Waals surface area contributed by atoms with Gasteiger partial charge in [0.25, 0.3) is 0 Å². The number of hydrogen-bond donors (Lipinski definition) is 2. The van der Waals surface area contributed by atoms with Gasteiger partial charge in [-0.1, -0.05) is 23.4 Å². The third kappa shape index (κ3) is 1.86. The summed E-state index contributed by atoms with van der Waals surface area (Å²) < 4.78 is 0. The number of nitrogens with one attached hydrogen (secondary N) is 1. The normalized spacial score (nSPS) is 32.1. The van der Waals surface area contributed by atoms with Crippen molar-refractivity contribution in [3.63, 3.8) is 0 Å². The molecule has 1 aromatic carbocycles. The molecule has 1 aromatic rings. The van der Waals surface area contributed by atoms with Crippen molar-refractivity contribution in [3.8, 4) is 0 Å². The van der Waals surface area contributed by atoms with Crippen LogP contribution in [0.2, 0.25) is 0 Å². The molecule has 3 unspecified atom stereocenters. The van der Waals surface area contributed by atoms with Crippen LogP contribution >= 0.6 is 0 Å². The number of rotatable bonds is 3. The molecule has 3 atom stereocenters. The van der Waals surface area contributed by atoms with Gasteiger partial charge >= 0.3 is 0 Å². The van der Waals surface area contributed by atoms with Crippen LogP contribution < -0.4 is 10.4 Å². The monoisotopic (exact) mass is 245 g/mol. The predicted molar refractivity (Wildman–Crippen MR) is 71.8 cm³/mol. The number of anilines is 1. The van der Waals surface area contributed by atoms with E-state index in [1.165, 1.54) is 19.3 Å². The highest BCUT2D eigenvalue weighted by molar-refractivity contribution is 5.94. The van der Waals surface area contributed by atoms with Gasteiger partial charge in [-0.15, -0.1) is 0 Å². The van der Waals surface area contributed by atoms with Gasteiger partial charge < -0.3 is 10.2 Å². The maximum Gasteiger partial charge on any atom is 0.0791 e. The molecule has 2 bridgehead atoms. The molecule has 18 heavy (non-hydrogen) atoms. The summed E-state index contributed by atoms with van der Waals surface area (Å²) in [5.41, 5.74) is 5.53. The molecule has 4 nitrogen and oxygen atoms in total. The highest BCUT2D eigenvalue weighted by Gasteiger charge is 2.45. The lowest BCUT2D eigenvalue weighted by atomic mass is 9.94. The Bertz CT molecular complexity index is 446. The second kappa shape index (κ2) is 4.61. The molecule has 4 heteroatoms. The predicted octanol–water partition coefficient (Wildman–Crippen LogP) is 2.26. The molecule has 3 rings (SSSR count). The molecule has 2 saturated carbocycles. The van der Waals surface area contributed by atoms with Crippen LogP contribution in [-0.2, 0) is 0 Å². The summed E-state index contributed by atoms with van der Waals surface area (Å²) >= 11 is 0. The van der Waals surface area contributed by atoms with E-state index in [9.17, 15) is 5.21 Å². The Morgan fingerprint density at radius 1 is 1.28 bits per heavy atom. The molecule has 0 radical (unpaired) electrons. The average Bonchev–Trinajstić information content (AvgIpc) is 3.00. The molecular weight excluding hydrogens is 226 g/mol. The molecule has 0 heterocycles. The molecular formula is C14H19N3O.